The molecule has 1 aliphatic heterocycles. The second-order valence-electron chi connectivity index (χ2n) is 4.75. The molecule has 0 radical (unpaired) electrons. The molecule has 1 heterocycles. The molecule has 0 spiro atoms. The van der Waals surface area contributed by atoms with E-state index in [0.29, 0.717) is 25.1 Å². The molecule has 3 rings (SSSR count). The fraction of sp³-hybridized carbons (Fsp3) is 0.417. The number of rotatable bonds is 1. The normalized spacial score (nSPS) is 22.5. The first-order valence-corrected chi connectivity index (χ1v) is 5.92. The van der Waals surface area contributed by atoms with Gasteiger partial charge < -0.3 is 0 Å². The number of halogens is 2. The third kappa shape index (κ3) is 1.92. The van der Waals surface area contributed by atoms with Gasteiger partial charge in [0.1, 0.15) is 24.6 Å². The van der Waals surface area contributed by atoms with Crippen LogP contribution in [0.15, 0.2) is 17.2 Å². The summed E-state index contributed by atoms with van der Waals surface area (Å²) >= 11 is 0. The molecule has 1 aliphatic carbocycles. The van der Waals surface area contributed by atoms with Gasteiger partial charge in [0.25, 0.3) is 0 Å². The van der Waals surface area contributed by atoms with Crippen LogP contribution in [0, 0.1) is 11.6 Å². The fourth-order valence-electron chi connectivity index (χ4n) is 2.62. The number of hydrazine groups is 1. The summed E-state index contributed by atoms with van der Waals surface area (Å²) in [4.78, 5) is 0. The van der Waals surface area contributed by atoms with Gasteiger partial charge in [-0.15, -0.1) is 0 Å². The molecule has 0 unspecified atom stereocenters. The highest BCUT2D eigenvalue weighted by molar-refractivity contribution is 5.55. The predicted molar refractivity (Wildman–Crippen MR) is 63.4 cm³/mol. The Morgan fingerprint density at radius 2 is 2.17 bits per heavy atom. The van der Waals surface area contributed by atoms with Crippen molar-refractivity contribution < 1.29 is 8.78 Å². The second-order valence-corrected chi connectivity index (χ2v) is 4.75. The van der Waals surface area contributed by atoms with E-state index in [2.05, 4.69) is 5.10 Å². The van der Waals surface area contributed by atoms with Crippen molar-refractivity contribution >= 4 is 6.34 Å². The molecule has 96 valence electrons. The van der Waals surface area contributed by atoms with Gasteiger partial charge in [0.15, 0.2) is 0 Å². The number of fused-ring (bicyclic) bond motifs is 1. The first-order chi connectivity index (χ1) is 8.63. The Balaban J connectivity index is 1.83. The van der Waals surface area contributed by atoms with Crippen molar-refractivity contribution in [3.05, 3.63) is 34.9 Å². The lowest BCUT2D eigenvalue weighted by Crippen LogP contribution is -2.40. The molecule has 2 aliphatic rings. The first-order valence-electron chi connectivity index (χ1n) is 5.92. The Labute approximate surface area is 104 Å². The van der Waals surface area contributed by atoms with Crippen LogP contribution < -0.4 is 5.84 Å². The lowest BCUT2D eigenvalue weighted by molar-refractivity contribution is 0.158. The average Bonchev–Trinajstić information content (AvgIpc) is 2.75. The highest BCUT2D eigenvalue weighted by Crippen LogP contribution is 2.28. The van der Waals surface area contributed by atoms with Crippen LogP contribution in [0.2, 0.25) is 0 Å². The van der Waals surface area contributed by atoms with Crippen LogP contribution in [-0.4, -0.2) is 29.1 Å². The van der Waals surface area contributed by atoms with E-state index in [1.54, 1.807) is 6.34 Å². The smallest absolute Gasteiger partial charge is 0.129 e. The van der Waals surface area contributed by atoms with Crippen LogP contribution in [0.25, 0.3) is 0 Å². The molecule has 0 saturated heterocycles. The summed E-state index contributed by atoms with van der Waals surface area (Å²) in [5, 5.41) is 7.53. The van der Waals surface area contributed by atoms with E-state index in [4.69, 9.17) is 5.84 Å². The molecule has 0 fully saturated rings. The van der Waals surface area contributed by atoms with Gasteiger partial charge in [-0.2, -0.15) is 5.10 Å². The van der Waals surface area contributed by atoms with Gasteiger partial charge in [0.05, 0.1) is 6.04 Å². The van der Waals surface area contributed by atoms with Crippen LogP contribution in [0.5, 0.6) is 0 Å². The number of hydrazone groups is 1. The van der Waals surface area contributed by atoms with Crippen molar-refractivity contribution in [1.29, 1.82) is 0 Å². The molecule has 0 aromatic heterocycles. The summed E-state index contributed by atoms with van der Waals surface area (Å²) in [7, 11) is 0. The highest BCUT2D eigenvalue weighted by Gasteiger charge is 2.28. The quantitative estimate of drug-likeness (QED) is 0.764. The number of hydrogen-bond acceptors (Lipinski definition) is 4. The zero-order valence-electron chi connectivity index (χ0n) is 9.81. The van der Waals surface area contributed by atoms with Crippen LogP contribution >= 0.6 is 0 Å². The summed E-state index contributed by atoms with van der Waals surface area (Å²) in [5.41, 5.74) is 1.38. The summed E-state index contributed by atoms with van der Waals surface area (Å²) in [6, 6.07) is 2.53. The average molecular weight is 252 g/mol. The maximum atomic E-state index is 13.6. The SMILES string of the molecule is NN1C=NN([C@H]2CCc3c(F)cc(F)cc3C2)C1. The predicted octanol–water partition coefficient (Wildman–Crippen LogP) is 1.21. The number of benzene rings is 1. The molecule has 1 aromatic rings. The van der Waals surface area contributed by atoms with Crippen molar-refractivity contribution in [2.75, 3.05) is 6.67 Å². The van der Waals surface area contributed by atoms with E-state index in [0.717, 1.165) is 18.1 Å². The molecule has 1 aromatic carbocycles. The van der Waals surface area contributed by atoms with E-state index in [-0.39, 0.29) is 6.04 Å². The van der Waals surface area contributed by atoms with Gasteiger partial charge in [0, 0.05) is 6.07 Å². The number of nitrogens with two attached hydrogens (primary N) is 1. The molecular weight excluding hydrogens is 238 g/mol. The molecule has 0 amide bonds. The van der Waals surface area contributed by atoms with E-state index in [9.17, 15) is 8.78 Å². The van der Waals surface area contributed by atoms with Gasteiger partial charge in [-0.3, -0.25) is 10.0 Å². The van der Waals surface area contributed by atoms with Gasteiger partial charge in [-0.05, 0) is 36.5 Å². The summed E-state index contributed by atoms with van der Waals surface area (Å²) < 4.78 is 26.8. The van der Waals surface area contributed by atoms with E-state index in [1.807, 2.05) is 5.01 Å². The minimum atomic E-state index is -0.516. The molecule has 0 bridgehead atoms. The molecular formula is C12H14F2N4. The van der Waals surface area contributed by atoms with Crippen LogP contribution in [0.3, 0.4) is 0 Å². The maximum absolute atomic E-state index is 13.6. The molecule has 18 heavy (non-hydrogen) atoms. The summed E-state index contributed by atoms with van der Waals surface area (Å²) in [6.07, 6.45) is 3.58. The van der Waals surface area contributed by atoms with Gasteiger partial charge in [-0.1, -0.05) is 0 Å². The molecule has 1 atom stereocenters. The van der Waals surface area contributed by atoms with Crippen LogP contribution in [0.4, 0.5) is 8.78 Å². The minimum absolute atomic E-state index is 0.156. The Morgan fingerprint density at radius 3 is 2.89 bits per heavy atom. The van der Waals surface area contributed by atoms with Crippen molar-refractivity contribution in [3.8, 4) is 0 Å². The van der Waals surface area contributed by atoms with Crippen molar-refractivity contribution in [1.82, 2.24) is 10.0 Å². The summed E-state index contributed by atoms with van der Waals surface area (Å²) in [6.45, 7) is 0.526. The first kappa shape index (κ1) is 11.4. The Hall–Kier alpha value is -1.69. The molecule has 4 nitrogen and oxygen atoms in total. The van der Waals surface area contributed by atoms with Crippen molar-refractivity contribution in [3.63, 3.8) is 0 Å². The van der Waals surface area contributed by atoms with E-state index >= 15 is 0 Å². The Morgan fingerprint density at radius 1 is 1.33 bits per heavy atom. The zero-order chi connectivity index (χ0) is 12.7. The fourth-order valence-corrected chi connectivity index (χ4v) is 2.62. The van der Waals surface area contributed by atoms with Gasteiger partial charge in [0.2, 0.25) is 0 Å². The lowest BCUT2D eigenvalue weighted by Gasteiger charge is -2.31. The van der Waals surface area contributed by atoms with E-state index < -0.39 is 11.6 Å². The topological polar surface area (TPSA) is 44.9 Å². The Kier molecular flexibility index (Phi) is 2.66. The number of nitrogens with zero attached hydrogens (tertiary/aromatic N) is 3. The van der Waals surface area contributed by atoms with Gasteiger partial charge >= 0.3 is 0 Å². The second kappa shape index (κ2) is 4.20. The molecule has 2 N–H and O–H groups in total. The van der Waals surface area contributed by atoms with Crippen LogP contribution in [0.1, 0.15) is 17.5 Å². The molecule has 0 saturated carbocycles. The van der Waals surface area contributed by atoms with Crippen LogP contribution in [-0.2, 0) is 12.8 Å². The Bertz CT molecular complexity index is 503. The summed E-state index contributed by atoms with van der Waals surface area (Å²) in [5.74, 6) is 4.64. The maximum Gasteiger partial charge on any atom is 0.129 e. The monoisotopic (exact) mass is 252 g/mol. The van der Waals surface area contributed by atoms with Crippen molar-refractivity contribution in [2.45, 2.75) is 25.3 Å². The standard InChI is InChI=1S/C12H14F2N4/c13-9-3-8-4-10(18-7-17(15)6-16-18)1-2-11(8)12(14)5-9/h3,5-6,10H,1-2,4,7,15H2/t10-/m0/s1. The zero-order valence-corrected chi connectivity index (χ0v) is 9.81. The third-order valence-electron chi connectivity index (χ3n) is 3.51. The lowest BCUT2D eigenvalue weighted by atomic mass is 9.87. The highest BCUT2D eigenvalue weighted by atomic mass is 19.1. The number of hydrogen-bond donors (Lipinski definition) is 1. The largest absolute Gasteiger partial charge is 0.278 e. The minimum Gasteiger partial charge on any atom is -0.278 e. The van der Waals surface area contributed by atoms with Gasteiger partial charge in [-0.25, -0.2) is 14.6 Å². The molecule has 6 heteroatoms. The van der Waals surface area contributed by atoms with Crippen molar-refractivity contribution in [2.24, 2.45) is 10.9 Å². The third-order valence-corrected chi connectivity index (χ3v) is 3.51. The van der Waals surface area contributed by atoms with E-state index in [1.165, 1.54) is 11.1 Å².